The topological polar surface area (TPSA) is 55.0 Å². The van der Waals surface area contributed by atoms with Gasteiger partial charge in [0.15, 0.2) is 0 Å². The molecular formula is C7H14N4Sn. The molecule has 1 rings (SSSR count). The Morgan fingerprint density at radius 2 is 1.75 bits per heavy atom. The minimum atomic E-state index is 0.489. The first-order valence-electron chi connectivity index (χ1n) is 3.46. The van der Waals surface area contributed by atoms with Gasteiger partial charge in [-0.15, -0.1) is 0 Å². The Labute approximate surface area is 86.3 Å². The summed E-state index contributed by atoms with van der Waals surface area (Å²) in [6, 6.07) is 0. The third-order valence-corrected chi connectivity index (χ3v) is 1.54. The van der Waals surface area contributed by atoms with Gasteiger partial charge in [-0.25, -0.2) is 0 Å². The normalized spacial score (nSPS) is 9.08. The van der Waals surface area contributed by atoms with E-state index in [1.165, 1.54) is 0 Å². The number of rotatable bonds is 0. The fraction of sp³-hybridized carbons (Fsp3) is 0.429. The molecule has 0 saturated heterocycles. The van der Waals surface area contributed by atoms with Gasteiger partial charge in [0.1, 0.15) is 0 Å². The molecule has 5 heteroatoms. The van der Waals surface area contributed by atoms with Gasteiger partial charge in [0.05, 0.1) is 0 Å². The van der Waals surface area contributed by atoms with Gasteiger partial charge in [0.2, 0.25) is 0 Å². The van der Waals surface area contributed by atoms with Crippen molar-refractivity contribution >= 4 is 32.1 Å². The van der Waals surface area contributed by atoms with E-state index in [1.807, 2.05) is 26.0 Å². The summed E-state index contributed by atoms with van der Waals surface area (Å²) in [7, 11) is 6.00. The number of aromatic nitrogens is 2. The predicted molar refractivity (Wildman–Crippen MR) is 52.8 cm³/mol. The Morgan fingerprint density at radius 3 is 2.00 bits per heavy atom. The summed E-state index contributed by atoms with van der Waals surface area (Å²) in [6.07, 6.45) is 3.26. The SMILES string of the molecule is CN(C)C.Nc1cn[c]([SnH])cn1. The molecule has 2 N–H and O–H groups in total. The third-order valence-electron chi connectivity index (χ3n) is 0.692. The molecule has 66 valence electrons. The average Bonchev–Trinajstić information content (AvgIpc) is 1.94. The van der Waals surface area contributed by atoms with Crippen molar-refractivity contribution in [3.8, 4) is 0 Å². The van der Waals surface area contributed by atoms with Crippen molar-refractivity contribution in [1.29, 1.82) is 0 Å². The summed E-state index contributed by atoms with van der Waals surface area (Å²) >= 11 is 1.00. The van der Waals surface area contributed by atoms with E-state index in [2.05, 4.69) is 9.97 Å². The molecule has 1 aromatic rings. The number of anilines is 1. The second kappa shape index (κ2) is 6.19. The Morgan fingerprint density at radius 1 is 1.25 bits per heavy atom. The maximum absolute atomic E-state index is 5.27. The van der Waals surface area contributed by atoms with E-state index in [4.69, 9.17) is 5.73 Å². The summed E-state index contributed by atoms with van der Waals surface area (Å²) in [5.74, 6) is 0.489. The van der Waals surface area contributed by atoms with Crippen molar-refractivity contribution in [1.82, 2.24) is 14.9 Å². The van der Waals surface area contributed by atoms with E-state index in [9.17, 15) is 0 Å². The van der Waals surface area contributed by atoms with Crippen LogP contribution in [0.5, 0.6) is 0 Å². The molecular weight excluding hydrogens is 259 g/mol. The zero-order valence-electron chi connectivity index (χ0n) is 7.65. The minimum absolute atomic E-state index is 0.489. The zero-order valence-corrected chi connectivity index (χ0v) is 10.9. The summed E-state index contributed by atoms with van der Waals surface area (Å²) < 4.78 is 1.02. The summed E-state index contributed by atoms with van der Waals surface area (Å²) in [6.45, 7) is 0. The Bertz CT molecular complexity index is 185. The fourth-order valence-electron chi connectivity index (χ4n) is 0.348. The third kappa shape index (κ3) is 7.74. The first-order chi connectivity index (χ1) is 5.52. The van der Waals surface area contributed by atoms with Crippen LogP contribution in [-0.2, 0) is 0 Å². The molecule has 2 radical (unpaired) electrons. The molecule has 4 nitrogen and oxygen atoms in total. The van der Waals surface area contributed by atoms with E-state index in [0.717, 1.165) is 26.2 Å². The molecule has 0 fully saturated rings. The summed E-state index contributed by atoms with van der Waals surface area (Å²) in [4.78, 5) is 9.78. The van der Waals surface area contributed by atoms with E-state index in [0.29, 0.717) is 5.82 Å². The van der Waals surface area contributed by atoms with Crippen LogP contribution in [0.4, 0.5) is 5.82 Å². The maximum atomic E-state index is 5.27. The molecule has 1 heterocycles. The van der Waals surface area contributed by atoms with E-state index < -0.39 is 0 Å². The van der Waals surface area contributed by atoms with Crippen LogP contribution >= 0.6 is 0 Å². The molecule has 0 saturated carbocycles. The number of nitrogens with zero attached hydrogens (tertiary/aromatic N) is 3. The van der Waals surface area contributed by atoms with Crippen LogP contribution in [0, 0.1) is 0 Å². The van der Waals surface area contributed by atoms with Crippen molar-refractivity contribution in [2.45, 2.75) is 0 Å². The molecule has 0 atom stereocenters. The number of nitrogen functional groups attached to an aromatic ring is 1. The van der Waals surface area contributed by atoms with Crippen molar-refractivity contribution in [2.24, 2.45) is 0 Å². The fourth-order valence-corrected chi connectivity index (χ4v) is 0.773. The number of hydrogen-bond donors (Lipinski definition) is 1. The summed E-state index contributed by atoms with van der Waals surface area (Å²) in [5, 5.41) is 0. The molecule has 0 aliphatic carbocycles. The predicted octanol–water partition coefficient (Wildman–Crippen LogP) is -1.24. The Kier molecular flexibility index (Phi) is 6.00. The van der Waals surface area contributed by atoms with Gasteiger partial charge in [-0.2, -0.15) is 0 Å². The van der Waals surface area contributed by atoms with Gasteiger partial charge in [0, 0.05) is 0 Å². The van der Waals surface area contributed by atoms with Crippen LogP contribution in [0.1, 0.15) is 0 Å². The van der Waals surface area contributed by atoms with Crippen LogP contribution in [-0.4, -0.2) is 58.5 Å². The van der Waals surface area contributed by atoms with Crippen LogP contribution in [0.15, 0.2) is 12.4 Å². The molecule has 0 aliphatic heterocycles. The van der Waals surface area contributed by atoms with E-state index >= 15 is 0 Å². The summed E-state index contributed by atoms with van der Waals surface area (Å²) in [5.41, 5.74) is 5.27. The zero-order chi connectivity index (χ0) is 9.56. The first kappa shape index (κ1) is 11.6. The van der Waals surface area contributed by atoms with Crippen LogP contribution in [0.2, 0.25) is 0 Å². The monoisotopic (exact) mass is 274 g/mol. The average molecular weight is 273 g/mol. The van der Waals surface area contributed by atoms with Crippen molar-refractivity contribution in [3.63, 3.8) is 0 Å². The van der Waals surface area contributed by atoms with Gasteiger partial charge < -0.3 is 4.90 Å². The van der Waals surface area contributed by atoms with Gasteiger partial charge >= 0.3 is 60.1 Å². The van der Waals surface area contributed by atoms with Crippen molar-refractivity contribution in [3.05, 3.63) is 12.4 Å². The van der Waals surface area contributed by atoms with E-state index in [-0.39, 0.29) is 0 Å². The van der Waals surface area contributed by atoms with Crippen molar-refractivity contribution < 1.29 is 0 Å². The molecule has 0 amide bonds. The Hall–Kier alpha value is -0.361. The first-order valence-corrected chi connectivity index (χ1v) is 5.11. The second-order valence-electron chi connectivity index (χ2n) is 2.71. The second-order valence-corrected chi connectivity index (χ2v) is 4.40. The molecule has 12 heavy (non-hydrogen) atoms. The van der Waals surface area contributed by atoms with Gasteiger partial charge in [-0.1, -0.05) is 0 Å². The van der Waals surface area contributed by atoms with E-state index in [1.54, 1.807) is 12.4 Å². The standard InChI is InChI=1S/C4H4N3.C3H9N.Sn.H/c5-4-3-6-1-2-7-4;1-4(2)3;;/h2-3H,(H2,5,7);1-3H3;;. The molecule has 0 unspecified atom stereocenters. The molecule has 0 aromatic carbocycles. The molecule has 0 bridgehead atoms. The number of hydrogen-bond acceptors (Lipinski definition) is 4. The Balaban J connectivity index is 0.000000261. The van der Waals surface area contributed by atoms with Crippen molar-refractivity contribution in [2.75, 3.05) is 26.9 Å². The van der Waals surface area contributed by atoms with Crippen LogP contribution in [0.3, 0.4) is 0 Å². The quantitative estimate of drug-likeness (QED) is 0.601. The van der Waals surface area contributed by atoms with Crippen LogP contribution < -0.4 is 9.44 Å². The molecule has 0 aliphatic rings. The van der Waals surface area contributed by atoms with Gasteiger partial charge in [-0.3, -0.25) is 0 Å². The van der Waals surface area contributed by atoms with Crippen LogP contribution in [0.25, 0.3) is 0 Å². The van der Waals surface area contributed by atoms with Gasteiger partial charge in [0.25, 0.3) is 0 Å². The van der Waals surface area contributed by atoms with Gasteiger partial charge in [-0.05, 0) is 21.1 Å². The molecule has 1 aromatic heterocycles. The number of nitrogens with two attached hydrogens (primary N) is 1. The molecule has 0 spiro atoms.